The van der Waals surface area contributed by atoms with Gasteiger partial charge in [0.25, 0.3) is 11.8 Å². The number of aryl methyl sites for hydroxylation is 1. The van der Waals surface area contributed by atoms with Gasteiger partial charge in [-0.15, -0.1) is 5.10 Å². The van der Waals surface area contributed by atoms with Crippen molar-refractivity contribution in [1.29, 1.82) is 0 Å². The zero-order chi connectivity index (χ0) is 16.4. The van der Waals surface area contributed by atoms with Crippen molar-refractivity contribution < 1.29 is 18.0 Å². The number of anilines is 1. The topological polar surface area (TPSA) is 68.0 Å². The monoisotopic (exact) mass is 315 g/mol. The molecule has 0 fully saturated rings. The number of rotatable bonds is 3. The van der Waals surface area contributed by atoms with E-state index in [2.05, 4.69) is 15.5 Å². The van der Waals surface area contributed by atoms with Crippen LogP contribution in [0.5, 0.6) is 0 Å². The summed E-state index contributed by atoms with van der Waals surface area (Å²) in [7, 11) is 0. The van der Waals surface area contributed by atoms with Gasteiger partial charge in [0.15, 0.2) is 0 Å². The average molecular weight is 315 g/mol. The largest absolute Gasteiger partial charge is 0.403 e. The van der Waals surface area contributed by atoms with Gasteiger partial charge in [0.05, 0.1) is 5.56 Å². The average Bonchev–Trinajstić information content (AvgIpc) is 2.96. The molecule has 1 amide bonds. The molecule has 0 aliphatic rings. The van der Waals surface area contributed by atoms with Crippen molar-refractivity contribution in [2.75, 3.05) is 5.32 Å². The second kappa shape index (κ2) is 5.96. The standard InChI is InChI=1S/C16H11F2N3O2/c1-9-2-4-10(5-3-9)14(22)19-16-21-20-15(23-16)12-7-6-11(17)8-13(12)18/h2-8H,1H3,(H,19,21,22). The first-order chi connectivity index (χ1) is 11.0. The summed E-state index contributed by atoms with van der Waals surface area (Å²) < 4.78 is 31.7. The molecule has 0 bridgehead atoms. The normalized spacial score (nSPS) is 10.6. The van der Waals surface area contributed by atoms with Gasteiger partial charge in [-0.1, -0.05) is 22.8 Å². The van der Waals surface area contributed by atoms with Gasteiger partial charge in [-0.3, -0.25) is 10.1 Å². The van der Waals surface area contributed by atoms with E-state index in [4.69, 9.17) is 4.42 Å². The smallest absolute Gasteiger partial charge is 0.322 e. The van der Waals surface area contributed by atoms with Crippen LogP contribution in [0, 0.1) is 18.6 Å². The lowest BCUT2D eigenvalue weighted by Crippen LogP contribution is -2.11. The van der Waals surface area contributed by atoms with E-state index in [0.717, 1.165) is 11.6 Å². The van der Waals surface area contributed by atoms with Crippen LogP contribution < -0.4 is 5.32 Å². The van der Waals surface area contributed by atoms with Gasteiger partial charge in [0.1, 0.15) is 11.6 Å². The summed E-state index contributed by atoms with van der Waals surface area (Å²) in [5.41, 5.74) is 1.39. The molecule has 116 valence electrons. The summed E-state index contributed by atoms with van der Waals surface area (Å²) >= 11 is 0. The van der Waals surface area contributed by atoms with Crippen LogP contribution in [0.1, 0.15) is 15.9 Å². The molecule has 0 unspecified atom stereocenters. The highest BCUT2D eigenvalue weighted by Gasteiger charge is 2.15. The van der Waals surface area contributed by atoms with Crippen LogP contribution in [0.2, 0.25) is 0 Å². The third kappa shape index (κ3) is 3.23. The van der Waals surface area contributed by atoms with Gasteiger partial charge in [-0.2, -0.15) is 0 Å². The number of benzene rings is 2. The molecule has 3 aromatic rings. The van der Waals surface area contributed by atoms with Crippen molar-refractivity contribution in [2.45, 2.75) is 6.92 Å². The van der Waals surface area contributed by atoms with Crippen molar-refractivity contribution in [3.8, 4) is 11.5 Å². The molecule has 0 aliphatic carbocycles. The Bertz CT molecular complexity index is 860. The first-order valence-electron chi connectivity index (χ1n) is 6.70. The lowest BCUT2D eigenvalue weighted by atomic mass is 10.1. The van der Waals surface area contributed by atoms with Crippen LogP contribution in [0.25, 0.3) is 11.5 Å². The van der Waals surface area contributed by atoms with Crippen molar-refractivity contribution in [1.82, 2.24) is 10.2 Å². The molecule has 1 heterocycles. The van der Waals surface area contributed by atoms with Crippen molar-refractivity contribution in [2.24, 2.45) is 0 Å². The Balaban J connectivity index is 1.79. The summed E-state index contributed by atoms with van der Waals surface area (Å²) in [6.45, 7) is 1.91. The van der Waals surface area contributed by atoms with Gasteiger partial charge >= 0.3 is 6.01 Å². The fourth-order valence-electron chi connectivity index (χ4n) is 1.92. The third-order valence-electron chi connectivity index (χ3n) is 3.12. The molecule has 1 aromatic heterocycles. The minimum absolute atomic E-state index is 0.0465. The molecule has 0 aliphatic heterocycles. The Labute approximate surface area is 130 Å². The van der Waals surface area contributed by atoms with E-state index in [9.17, 15) is 13.6 Å². The number of halogens is 2. The molecule has 23 heavy (non-hydrogen) atoms. The Hall–Kier alpha value is -3.09. The molecule has 7 heteroatoms. The van der Waals surface area contributed by atoms with Crippen LogP contribution in [-0.2, 0) is 0 Å². The number of hydrogen-bond donors (Lipinski definition) is 1. The molecule has 3 rings (SSSR count). The van der Waals surface area contributed by atoms with Crippen molar-refractivity contribution in [3.63, 3.8) is 0 Å². The van der Waals surface area contributed by atoms with Crippen LogP contribution in [-0.4, -0.2) is 16.1 Å². The van der Waals surface area contributed by atoms with E-state index in [1.165, 1.54) is 6.07 Å². The molecule has 0 radical (unpaired) electrons. The first-order valence-corrected chi connectivity index (χ1v) is 6.70. The second-order valence-electron chi connectivity index (χ2n) is 4.86. The molecule has 1 N–H and O–H groups in total. The zero-order valence-electron chi connectivity index (χ0n) is 12.0. The Kier molecular flexibility index (Phi) is 3.84. The molecule has 0 saturated carbocycles. The van der Waals surface area contributed by atoms with Crippen LogP contribution >= 0.6 is 0 Å². The maximum Gasteiger partial charge on any atom is 0.322 e. The van der Waals surface area contributed by atoms with Gasteiger partial charge in [0, 0.05) is 11.6 Å². The zero-order valence-corrected chi connectivity index (χ0v) is 12.0. The van der Waals surface area contributed by atoms with Crippen LogP contribution in [0.3, 0.4) is 0 Å². The van der Waals surface area contributed by atoms with Gasteiger partial charge in [-0.05, 0) is 31.2 Å². The minimum Gasteiger partial charge on any atom is -0.403 e. The maximum atomic E-state index is 13.7. The molecule has 0 saturated heterocycles. The number of hydrogen-bond acceptors (Lipinski definition) is 4. The SMILES string of the molecule is Cc1ccc(C(=O)Nc2nnc(-c3ccc(F)cc3F)o2)cc1. The van der Waals surface area contributed by atoms with Gasteiger partial charge in [0.2, 0.25) is 0 Å². The van der Waals surface area contributed by atoms with Crippen molar-refractivity contribution in [3.05, 3.63) is 65.2 Å². The second-order valence-corrected chi connectivity index (χ2v) is 4.86. The molecule has 5 nitrogen and oxygen atoms in total. The summed E-state index contributed by atoms with van der Waals surface area (Å²) in [5.74, 6) is -2.12. The molecular weight excluding hydrogens is 304 g/mol. The van der Waals surface area contributed by atoms with E-state index in [1.807, 2.05) is 6.92 Å². The molecule has 0 spiro atoms. The van der Waals surface area contributed by atoms with Gasteiger partial charge in [-0.25, -0.2) is 8.78 Å². The number of amides is 1. The lowest BCUT2D eigenvalue weighted by molar-refractivity contribution is 0.102. The fraction of sp³-hybridized carbons (Fsp3) is 0.0625. The van der Waals surface area contributed by atoms with E-state index < -0.39 is 17.5 Å². The number of carbonyl (C=O) groups excluding carboxylic acids is 1. The number of nitrogens with zero attached hydrogens (tertiary/aromatic N) is 2. The minimum atomic E-state index is -0.829. The summed E-state index contributed by atoms with van der Waals surface area (Å²) in [4.78, 5) is 12.0. The predicted molar refractivity (Wildman–Crippen MR) is 78.8 cm³/mol. The fourth-order valence-corrected chi connectivity index (χ4v) is 1.92. The van der Waals surface area contributed by atoms with Gasteiger partial charge < -0.3 is 4.42 Å². The van der Waals surface area contributed by atoms with E-state index in [1.54, 1.807) is 24.3 Å². The molecular formula is C16H11F2N3O2. The van der Waals surface area contributed by atoms with E-state index in [-0.39, 0.29) is 17.5 Å². The third-order valence-corrected chi connectivity index (χ3v) is 3.12. The number of aromatic nitrogens is 2. The quantitative estimate of drug-likeness (QED) is 0.802. The summed E-state index contributed by atoms with van der Waals surface area (Å²) in [6.07, 6.45) is 0. The Morgan fingerprint density at radius 1 is 1.09 bits per heavy atom. The number of carbonyl (C=O) groups is 1. The summed E-state index contributed by atoms with van der Waals surface area (Å²) in [5, 5.41) is 9.70. The Morgan fingerprint density at radius 2 is 1.83 bits per heavy atom. The van der Waals surface area contributed by atoms with Crippen LogP contribution in [0.15, 0.2) is 46.9 Å². The first kappa shape index (κ1) is 14.8. The highest BCUT2D eigenvalue weighted by Crippen LogP contribution is 2.23. The van der Waals surface area contributed by atoms with E-state index >= 15 is 0 Å². The lowest BCUT2D eigenvalue weighted by Gasteiger charge is -2.01. The summed E-state index contributed by atoms with van der Waals surface area (Å²) in [6, 6.07) is 9.70. The van der Waals surface area contributed by atoms with Crippen molar-refractivity contribution >= 4 is 11.9 Å². The Morgan fingerprint density at radius 3 is 2.52 bits per heavy atom. The predicted octanol–water partition coefficient (Wildman–Crippen LogP) is 3.58. The number of nitrogens with one attached hydrogen (secondary N) is 1. The molecule has 2 aromatic carbocycles. The highest BCUT2D eigenvalue weighted by atomic mass is 19.1. The highest BCUT2D eigenvalue weighted by molar-refractivity contribution is 6.03. The van der Waals surface area contributed by atoms with E-state index in [0.29, 0.717) is 11.6 Å². The molecule has 0 atom stereocenters. The maximum absolute atomic E-state index is 13.7. The van der Waals surface area contributed by atoms with Crippen LogP contribution in [0.4, 0.5) is 14.8 Å².